The van der Waals surface area contributed by atoms with Gasteiger partial charge >= 0.3 is 5.97 Å². The van der Waals surface area contributed by atoms with Crippen molar-refractivity contribution in [3.8, 4) is 23.0 Å². The second kappa shape index (κ2) is 16.6. The predicted molar refractivity (Wildman–Crippen MR) is 170 cm³/mol. The van der Waals surface area contributed by atoms with Crippen LogP contribution in [-0.2, 0) is 27.2 Å². The third-order valence-electron chi connectivity index (χ3n) is 7.60. The Morgan fingerprint density at radius 1 is 0.761 bits per heavy atom. The molecule has 0 aliphatic carbocycles. The zero-order valence-electron chi connectivity index (χ0n) is 26.9. The van der Waals surface area contributed by atoms with Crippen molar-refractivity contribution >= 4 is 17.7 Å². The third-order valence-corrected chi connectivity index (χ3v) is 7.60. The fourth-order valence-corrected chi connectivity index (χ4v) is 5.50. The van der Waals surface area contributed by atoms with Crippen LogP contribution in [0, 0.1) is 5.82 Å². The standard InChI is InChI=1S/C36H42FNO8/c1-5-42-31-15-9-24(20-32(31)43-6-2)19-29-28-22-34(45-8-4)33(44-7-3)21-26(28)17-18-38(29)35(40)23-46-36(41)16-14-30(39)25-10-12-27(37)13-11-25/h9-13,15,20-22,29H,5-8,14,16-19,23H2,1-4H3/t29-/m1/s1. The van der Waals surface area contributed by atoms with E-state index in [0.717, 1.165) is 16.7 Å². The Hall–Kier alpha value is -4.60. The van der Waals surface area contributed by atoms with Crippen LogP contribution in [0.2, 0.25) is 0 Å². The highest BCUT2D eigenvalue weighted by atomic mass is 19.1. The largest absolute Gasteiger partial charge is 0.490 e. The van der Waals surface area contributed by atoms with Crippen molar-refractivity contribution in [3.05, 3.63) is 82.7 Å². The molecule has 10 heteroatoms. The van der Waals surface area contributed by atoms with E-state index in [1.807, 2.05) is 58.0 Å². The second-order valence-electron chi connectivity index (χ2n) is 10.7. The lowest BCUT2D eigenvalue weighted by Crippen LogP contribution is -2.43. The number of carbonyl (C=O) groups is 3. The van der Waals surface area contributed by atoms with Crippen LogP contribution in [0.3, 0.4) is 0 Å². The van der Waals surface area contributed by atoms with E-state index in [0.29, 0.717) is 74.4 Å². The first kappa shape index (κ1) is 34.3. The molecule has 246 valence electrons. The number of hydrogen-bond acceptors (Lipinski definition) is 8. The Kier molecular flexibility index (Phi) is 12.4. The van der Waals surface area contributed by atoms with E-state index in [4.69, 9.17) is 23.7 Å². The summed E-state index contributed by atoms with van der Waals surface area (Å²) in [4.78, 5) is 40.3. The number of hydrogen-bond donors (Lipinski definition) is 0. The first-order valence-electron chi connectivity index (χ1n) is 15.8. The van der Waals surface area contributed by atoms with Crippen molar-refractivity contribution in [2.75, 3.05) is 39.6 Å². The molecule has 0 N–H and O–H groups in total. The van der Waals surface area contributed by atoms with Gasteiger partial charge in [0.15, 0.2) is 35.4 Å². The quantitative estimate of drug-likeness (QED) is 0.134. The van der Waals surface area contributed by atoms with Gasteiger partial charge in [-0.05, 0) is 106 Å². The Labute approximate surface area is 269 Å². The number of amides is 1. The summed E-state index contributed by atoms with van der Waals surface area (Å²) in [5.74, 6) is 0.758. The Morgan fingerprint density at radius 2 is 1.37 bits per heavy atom. The van der Waals surface area contributed by atoms with E-state index in [1.165, 1.54) is 24.3 Å². The maximum Gasteiger partial charge on any atom is 0.306 e. The summed E-state index contributed by atoms with van der Waals surface area (Å²) in [5.41, 5.74) is 3.22. The predicted octanol–water partition coefficient (Wildman–Crippen LogP) is 6.30. The van der Waals surface area contributed by atoms with Gasteiger partial charge in [0.2, 0.25) is 0 Å². The van der Waals surface area contributed by atoms with Crippen molar-refractivity contribution < 1.29 is 42.5 Å². The number of benzene rings is 3. The molecule has 4 rings (SSSR count). The molecule has 0 bridgehead atoms. The van der Waals surface area contributed by atoms with Gasteiger partial charge in [0, 0.05) is 18.5 Å². The van der Waals surface area contributed by atoms with E-state index in [1.54, 1.807) is 4.90 Å². The van der Waals surface area contributed by atoms with Crippen LogP contribution in [0.25, 0.3) is 0 Å². The number of halogens is 1. The van der Waals surface area contributed by atoms with Crippen molar-refractivity contribution in [2.45, 2.75) is 59.4 Å². The maximum atomic E-state index is 13.6. The number of esters is 1. The van der Waals surface area contributed by atoms with E-state index in [2.05, 4.69) is 0 Å². The first-order valence-corrected chi connectivity index (χ1v) is 15.8. The fraction of sp³-hybridized carbons (Fsp3) is 0.417. The molecule has 0 radical (unpaired) electrons. The lowest BCUT2D eigenvalue weighted by Gasteiger charge is -2.38. The van der Waals surface area contributed by atoms with E-state index in [-0.39, 0.29) is 24.5 Å². The molecule has 3 aromatic carbocycles. The van der Waals surface area contributed by atoms with Gasteiger partial charge in [-0.2, -0.15) is 0 Å². The smallest absolute Gasteiger partial charge is 0.306 e. The minimum Gasteiger partial charge on any atom is -0.490 e. The van der Waals surface area contributed by atoms with Crippen molar-refractivity contribution in [1.82, 2.24) is 4.90 Å². The molecule has 0 fully saturated rings. The highest BCUT2D eigenvalue weighted by molar-refractivity contribution is 5.97. The Bertz CT molecular complexity index is 1510. The molecule has 1 amide bonds. The minimum absolute atomic E-state index is 0.110. The number of nitrogens with zero attached hydrogens (tertiary/aromatic N) is 1. The van der Waals surface area contributed by atoms with Crippen molar-refractivity contribution in [2.24, 2.45) is 0 Å². The number of Topliss-reactive ketones (excluding diaryl/α,β-unsaturated/α-hetero) is 1. The zero-order valence-corrected chi connectivity index (χ0v) is 26.9. The molecule has 46 heavy (non-hydrogen) atoms. The number of ketones is 1. The highest BCUT2D eigenvalue weighted by Crippen LogP contribution is 2.41. The van der Waals surface area contributed by atoms with E-state index >= 15 is 0 Å². The summed E-state index contributed by atoms with van der Waals surface area (Å²) < 4.78 is 41.9. The highest BCUT2D eigenvalue weighted by Gasteiger charge is 2.33. The normalized spacial score (nSPS) is 13.8. The lowest BCUT2D eigenvalue weighted by molar-refractivity contribution is -0.153. The second-order valence-corrected chi connectivity index (χ2v) is 10.7. The summed E-state index contributed by atoms with van der Waals surface area (Å²) in [6, 6.07) is 14.4. The SMILES string of the molecule is CCOc1ccc(C[C@@H]2c3cc(OCC)c(OCC)cc3CCN2C(=O)COC(=O)CCC(=O)c2ccc(F)cc2)cc1OCC. The van der Waals surface area contributed by atoms with Crippen molar-refractivity contribution in [3.63, 3.8) is 0 Å². The van der Waals surface area contributed by atoms with Gasteiger partial charge in [0.05, 0.1) is 38.9 Å². The molecule has 1 heterocycles. The summed E-state index contributed by atoms with van der Waals surface area (Å²) >= 11 is 0. The number of ether oxygens (including phenoxy) is 5. The molecule has 1 aliphatic rings. The number of rotatable bonds is 16. The van der Waals surface area contributed by atoms with Gasteiger partial charge in [-0.15, -0.1) is 0 Å². The van der Waals surface area contributed by atoms with Crippen LogP contribution >= 0.6 is 0 Å². The Balaban J connectivity index is 1.54. The topological polar surface area (TPSA) is 101 Å². The number of fused-ring (bicyclic) bond motifs is 1. The van der Waals surface area contributed by atoms with Gasteiger partial charge in [0.25, 0.3) is 5.91 Å². The van der Waals surface area contributed by atoms with Crippen LogP contribution in [-0.4, -0.2) is 62.1 Å². The molecule has 0 saturated carbocycles. The monoisotopic (exact) mass is 635 g/mol. The molecule has 3 aromatic rings. The first-order chi connectivity index (χ1) is 22.3. The molecule has 0 aromatic heterocycles. The summed E-state index contributed by atoms with van der Waals surface area (Å²) in [5, 5.41) is 0. The molecular formula is C36H42FNO8. The fourth-order valence-electron chi connectivity index (χ4n) is 5.50. The summed E-state index contributed by atoms with van der Waals surface area (Å²) in [6.45, 7) is 9.49. The van der Waals surface area contributed by atoms with Crippen LogP contribution in [0.4, 0.5) is 4.39 Å². The molecular weight excluding hydrogens is 593 g/mol. The molecule has 0 unspecified atom stereocenters. The van der Waals surface area contributed by atoms with Crippen LogP contribution in [0.15, 0.2) is 54.6 Å². The van der Waals surface area contributed by atoms with Crippen molar-refractivity contribution in [1.29, 1.82) is 0 Å². The third kappa shape index (κ3) is 8.77. The van der Waals surface area contributed by atoms with Gasteiger partial charge in [0.1, 0.15) is 5.82 Å². The van der Waals surface area contributed by atoms with Gasteiger partial charge in [-0.25, -0.2) is 4.39 Å². The van der Waals surface area contributed by atoms with Crippen LogP contribution in [0.5, 0.6) is 23.0 Å². The summed E-state index contributed by atoms with van der Waals surface area (Å²) in [6.07, 6.45) is 0.739. The van der Waals surface area contributed by atoms with Crippen LogP contribution < -0.4 is 18.9 Å². The molecule has 0 saturated heterocycles. The van der Waals surface area contributed by atoms with Crippen LogP contribution in [0.1, 0.15) is 73.6 Å². The molecule has 0 spiro atoms. The Morgan fingerprint density at radius 3 is 2.02 bits per heavy atom. The average Bonchev–Trinajstić information content (AvgIpc) is 3.05. The lowest BCUT2D eigenvalue weighted by atomic mass is 9.88. The van der Waals surface area contributed by atoms with E-state index in [9.17, 15) is 18.8 Å². The molecule has 1 aliphatic heterocycles. The van der Waals surface area contributed by atoms with Gasteiger partial charge in [-0.3, -0.25) is 14.4 Å². The molecule has 1 atom stereocenters. The number of carbonyl (C=O) groups excluding carboxylic acids is 3. The van der Waals surface area contributed by atoms with E-state index < -0.39 is 24.4 Å². The minimum atomic E-state index is -0.661. The summed E-state index contributed by atoms with van der Waals surface area (Å²) in [7, 11) is 0. The molecule has 9 nitrogen and oxygen atoms in total. The zero-order chi connectivity index (χ0) is 33.1. The maximum absolute atomic E-state index is 13.6. The van der Waals surface area contributed by atoms with Gasteiger partial charge in [-0.1, -0.05) is 6.07 Å². The average molecular weight is 636 g/mol. The van der Waals surface area contributed by atoms with Gasteiger partial charge < -0.3 is 28.6 Å².